The lowest BCUT2D eigenvalue weighted by Crippen LogP contribution is -2.20. The van der Waals surface area contributed by atoms with Gasteiger partial charge < -0.3 is 24.1 Å². The molecule has 0 fully saturated rings. The average Bonchev–Trinajstić information content (AvgIpc) is 2.58. The lowest BCUT2D eigenvalue weighted by molar-refractivity contribution is -0.163. The van der Waals surface area contributed by atoms with Gasteiger partial charge in [0.25, 0.3) is 0 Å². The Balaban J connectivity index is 3.68. The van der Waals surface area contributed by atoms with E-state index < -0.39 is 49.7 Å². The monoisotopic (exact) mass is 376 g/mol. The van der Waals surface area contributed by atoms with E-state index >= 15 is 0 Å². The van der Waals surface area contributed by atoms with Gasteiger partial charge in [0.1, 0.15) is 6.61 Å². The fourth-order valence-corrected chi connectivity index (χ4v) is 1.37. The van der Waals surface area contributed by atoms with Crippen molar-refractivity contribution in [2.75, 3.05) is 26.4 Å². The first-order chi connectivity index (χ1) is 12.2. The highest BCUT2D eigenvalue weighted by atomic mass is 16.6. The van der Waals surface area contributed by atoms with Crippen LogP contribution >= 0.6 is 0 Å². The topological polar surface area (TPSA) is 160 Å². The predicted octanol–water partition coefficient (Wildman–Crippen LogP) is -0.607. The summed E-state index contributed by atoms with van der Waals surface area (Å²) in [4.78, 5) is 65.5. The van der Waals surface area contributed by atoms with E-state index in [1.54, 1.807) is 0 Å². The summed E-state index contributed by atoms with van der Waals surface area (Å²) in [6.45, 7) is -1.27. The molecule has 0 aliphatic carbocycles. The van der Waals surface area contributed by atoms with Crippen LogP contribution in [0.2, 0.25) is 0 Å². The molecule has 11 nitrogen and oxygen atoms in total. The molecule has 0 saturated heterocycles. The van der Waals surface area contributed by atoms with Crippen molar-refractivity contribution < 1.29 is 52.8 Å². The summed E-state index contributed by atoms with van der Waals surface area (Å²) in [5, 5.41) is 8.28. The Hall–Kier alpha value is -2.98. The molecule has 0 aliphatic heterocycles. The third-order valence-electron chi connectivity index (χ3n) is 2.51. The van der Waals surface area contributed by atoms with Crippen molar-refractivity contribution in [1.29, 1.82) is 0 Å². The Labute approximate surface area is 148 Å². The van der Waals surface area contributed by atoms with Gasteiger partial charge in [-0.1, -0.05) is 0 Å². The molecule has 0 atom stereocenters. The van der Waals surface area contributed by atoms with Gasteiger partial charge >= 0.3 is 29.8 Å². The van der Waals surface area contributed by atoms with E-state index in [-0.39, 0.29) is 38.1 Å². The zero-order valence-electron chi connectivity index (χ0n) is 14.2. The minimum Gasteiger partial charge on any atom is -0.479 e. The van der Waals surface area contributed by atoms with Crippen LogP contribution in [0.5, 0.6) is 0 Å². The third-order valence-corrected chi connectivity index (χ3v) is 2.51. The van der Waals surface area contributed by atoms with Crippen LogP contribution in [0, 0.1) is 0 Å². The minimum absolute atomic E-state index is 0.0477. The van der Waals surface area contributed by atoms with Crippen molar-refractivity contribution in [3.8, 4) is 0 Å². The van der Waals surface area contributed by atoms with Crippen molar-refractivity contribution in [3.05, 3.63) is 0 Å². The fourth-order valence-electron chi connectivity index (χ4n) is 1.37. The first-order valence-corrected chi connectivity index (χ1v) is 7.54. The number of carboxylic acids is 1. The van der Waals surface area contributed by atoms with Crippen LogP contribution < -0.4 is 0 Å². The SMILES string of the molecule is CC(=O)COC(=O)COC(=O)CCCCC(=O)OCC(=O)OCC(=O)O. The van der Waals surface area contributed by atoms with Gasteiger partial charge in [-0.25, -0.2) is 14.4 Å². The number of hydrogen-bond donors (Lipinski definition) is 1. The molecule has 146 valence electrons. The Bertz CT molecular complexity index is 490. The number of aliphatic carboxylic acids is 1. The molecule has 0 heterocycles. The Kier molecular flexibility index (Phi) is 11.8. The predicted molar refractivity (Wildman–Crippen MR) is 80.6 cm³/mol. The molecule has 0 saturated carbocycles. The van der Waals surface area contributed by atoms with Gasteiger partial charge in [0.15, 0.2) is 25.6 Å². The second-order valence-corrected chi connectivity index (χ2v) is 4.95. The summed E-state index contributed by atoms with van der Waals surface area (Å²) in [5.41, 5.74) is 0. The highest BCUT2D eigenvalue weighted by Gasteiger charge is 2.12. The molecule has 0 rings (SSSR count). The number of rotatable bonds is 13. The molecule has 0 radical (unpaired) electrons. The van der Waals surface area contributed by atoms with E-state index in [1.807, 2.05) is 0 Å². The van der Waals surface area contributed by atoms with Crippen molar-refractivity contribution in [2.45, 2.75) is 32.6 Å². The van der Waals surface area contributed by atoms with E-state index in [0.717, 1.165) is 0 Å². The normalized spacial score (nSPS) is 9.73. The Morgan fingerprint density at radius 1 is 0.615 bits per heavy atom. The smallest absolute Gasteiger partial charge is 0.344 e. The number of ether oxygens (including phenoxy) is 4. The van der Waals surface area contributed by atoms with E-state index in [1.165, 1.54) is 6.92 Å². The molecule has 0 aromatic rings. The highest BCUT2D eigenvalue weighted by molar-refractivity contribution is 5.81. The van der Waals surface area contributed by atoms with Gasteiger partial charge in [-0.3, -0.25) is 14.4 Å². The maximum absolute atomic E-state index is 11.4. The molecule has 0 spiro atoms. The molecule has 26 heavy (non-hydrogen) atoms. The zero-order chi connectivity index (χ0) is 19.9. The van der Waals surface area contributed by atoms with Crippen molar-refractivity contribution in [1.82, 2.24) is 0 Å². The van der Waals surface area contributed by atoms with E-state index in [0.29, 0.717) is 0 Å². The molecule has 1 N–H and O–H groups in total. The van der Waals surface area contributed by atoms with Crippen LogP contribution in [0.1, 0.15) is 32.6 Å². The Morgan fingerprint density at radius 2 is 1.00 bits per heavy atom. The van der Waals surface area contributed by atoms with E-state index in [4.69, 9.17) is 5.11 Å². The summed E-state index contributed by atoms with van der Waals surface area (Å²) in [6, 6.07) is 0. The van der Waals surface area contributed by atoms with E-state index in [9.17, 15) is 28.8 Å². The number of carbonyl (C=O) groups is 6. The van der Waals surface area contributed by atoms with Gasteiger partial charge in [0, 0.05) is 12.8 Å². The molecule has 0 unspecified atom stereocenters. The minimum atomic E-state index is -1.33. The summed E-state index contributed by atoms with van der Waals surface area (Å²) < 4.78 is 17.9. The number of unbranched alkanes of at least 4 members (excludes halogenated alkanes) is 1. The number of carbonyl (C=O) groups excluding carboxylic acids is 5. The Morgan fingerprint density at radius 3 is 1.38 bits per heavy atom. The average molecular weight is 376 g/mol. The van der Waals surface area contributed by atoms with Gasteiger partial charge in [-0.2, -0.15) is 0 Å². The third kappa shape index (κ3) is 14.6. The summed E-state index contributed by atoms with van der Waals surface area (Å²) in [6.07, 6.45) is 0.431. The van der Waals surface area contributed by atoms with Crippen LogP contribution in [0.15, 0.2) is 0 Å². The molecule has 0 bridgehead atoms. The standard InChI is InChI=1S/C15H20O11/c1-10(16)6-23-14(21)8-25-12(19)4-2-3-5-13(20)26-9-15(22)24-7-11(17)18/h2-9H2,1H3,(H,17,18). The second kappa shape index (κ2) is 13.3. The van der Waals surface area contributed by atoms with E-state index in [2.05, 4.69) is 18.9 Å². The maximum atomic E-state index is 11.4. The maximum Gasteiger partial charge on any atom is 0.344 e. The zero-order valence-corrected chi connectivity index (χ0v) is 14.2. The summed E-state index contributed by atoms with van der Waals surface area (Å²) in [5.74, 6) is -4.88. The van der Waals surface area contributed by atoms with Gasteiger partial charge in [0.2, 0.25) is 0 Å². The van der Waals surface area contributed by atoms with Crippen LogP contribution in [-0.2, 0) is 47.7 Å². The van der Waals surface area contributed by atoms with Crippen LogP contribution in [0.25, 0.3) is 0 Å². The molecular formula is C15H20O11. The molecule has 0 aromatic carbocycles. The number of ketones is 1. The second-order valence-electron chi connectivity index (χ2n) is 4.95. The van der Waals surface area contributed by atoms with Crippen LogP contribution in [0.4, 0.5) is 0 Å². The van der Waals surface area contributed by atoms with Crippen LogP contribution in [-0.4, -0.2) is 67.2 Å². The number of Topliss-reactive ketones (excluding diaryl/α,β-unsaturated/α-hetero) is 1. The lowest BCUT2D eigenvalue weighted by atomic mass is 10.2. The highest BCUT2D eigenvalue weighted by Crippen LogP contribution is 2.03. The molecule has 0 aromatic heterocycles. The first kappa shape index (κ1) is 23.0. The molecule has 0 amide bonds. The van der Waals surface area contributed by atoms with Gasteiger partial charge in [-0.05, 0) is 19.8 Å². The van der Waals surface area contributed by atoms with Gasteiger partial charge in [0.05, 0.1) is 0 Å². The fraction of sp³-hybridized carbons (Fsp3) is 0.600. The van der Waals surface area contributed by atoms with Gasteiger partial charge in [-0.15, -0.1) is 0 Å². The number of esters is 4. The molecular weight excluding hydrogens is 356 g/mol. The van der Waals surface area contributed by atoms with Crippen molar-refractivity contribution >= 4 is 35.6 Å². The van der Waals surface area contributed by atoms with Crippen LogP contribution in [0.3, 0.4) is 0 Å². The molecule has 0 aliphatic rings. The van der Waals surface area contributed by atoms with Crippen molar-refractivity contribution in [3.63, 3.8) is 0 Å². The first-order valence-electron chi connectivity index (χ1n) is 7.54. The van der Waals surface area contributed by atoms with Crippen molar-refractivity contribution in [2.24, 2.45) is 0 Å². The lowest BCUT2D eigenvalue weighted by Gasteiger charge is -2.05. The summed E-state index contributed by atoms with van der Waals surface area (Å²) >= 11 is 0. The number of carboxylic acid groups (broad SMARTS) is 1. The number of hydrogen-bond acceptors (Lipinski definition) is 10. The largest absolute Gasteiger partial charge is 0.479 e. The summed E-state index contributed by atoms with van der Waals surface area (Å²) in [7, 11) is 0. The molecule has 11 heteroatoms. The quantitative estimate of drug-likeness (QED) is 0.248.